The van der Waals surface area contributed by atoms with E-state index in [1.165, 1.54) is 10.4 Å². The second-order valence-electron chi connectivity index (χ2n) is 7.17. The predicted octanol–water partition coefficient (Wildman–Crippen LogP) is 3.50. The van der Waals surface area contributed by atoms with Gasteiger partial charge in [-0.15, -0.1) is 0 Å². The van der Waals surface area contributed by atoms with Gasteiger partial charge in [-0.25, -0.2) is 0 Å². The average Bonchev–Trinajstić information content (AvgIpc) is 2.59. The molecule has 0 aliphatic rings. The molecule has 0 unspecified atom stereocenters. The molecule has 1 N–H and O–H groups in total. The largest absolute Gasteiger partial charge is 0.407 e. The quantitative estimate of drug-likeness (QED) is 0.617. The lowest BCUT2D eigenvalue weighted by molar-refractivity contribution is 0.282. The molecule has 0 heterocycles. The van der Waals surface area contributed by atoms with Crippen LogP contribution < -0.4 is 10.4 Å². The summed E-state index contributed by atoms with van der Waals surface area (Å²) in [4.78, 5) is 0. The first kappa shape index (κ1) is 18.7. The van der Waals surface area contributed by atoms with E-state index in [4.69, 9.17) is 4.43 Å². The van der Waals surface area contributed by atoms with Gasteiger partial charge >= 0.3 is 0 Å². The topological polar surface area (TPSA) is 29.5 Å². The molecule has 0 radical (unpaired) electrons. The van der Waals surface area contributed by atoms with Crippen molar-refractivity contribution in [1.82, 2.24) is 0 Å². The van der Waals surface area contributed by atoms with Gasteiger partial charge in [-0.1, -0.05) is 88.0 Å². The summed E-state index contributed by atoms with van der Waals surface area (Å²) >= 11 is 0. The highest BCUT2D eigenvalue weighted by Gasteiger charge is 2.49. The zero-order chi connectivity index (χ0) is 17.6. The third-order valence-electron chi connectivity index (χ3n) is 4.41. The predicted molar refractivity (Wildman–Crippen MR) is 104 cm³/mol. The Labute approximate surface area is 146 Å². The Kier molecular flexibility index (Phi) is 6.16. The maximum atomic E-state index is 9.21. The molecule has 0 fully saturated rings. The third-order valence-corrected chi connectivity index (χ3v) is 9.46. The molecule has 0 saturated carbocycles. The van der Waals surface area contributed by atoms with E-state index in [0.717, 1.165) is 5.57 Å². The summed E-state index contributed by atoms with van der Waals surface area (Å²) in [5, 5.41) is 11.7. The van der Waals surface area contributed by atoms with Gasteiger partial charge in [0.2, 0.25) is 0 Å². The molecule has 24 heavy (non-hydrogen) atoms. The normalized spacial score (nSPS) is 12.2. The van der Waals surface area contributed by atoms with Crippen molar-refractivity contribution in [2.75, 3.05) is 13.2 Å². The standard InChI is InChI=1S/C21H28O2Si/c1-18(17-22)15-16-23-24(21(2,3)4,19-11-7-5-8-12-19)20-13-9-6-10-14-20/h5-14,22H,1,15-17H2,2-4H3. The number of rotatable bonds is 7. The fraction of sp³-hybridized carbons (Fsp3) is 0.333. The van der Waals surface area contributed by atoms with Crippen LogP contribution in [0.5, 0.6) is 0 Å². The third kappa shape index (κ3) is 3.86. The molecule has 0 aliphatic carbocycles. The highest BCUT2D eigenvalue weighted by atomic mass is 28.4. The van der Waals surface area contributed by atoms with Gasteiger partial charge in [0.1, 0.15) is 0 Å². The van der Waals surface area contributed by atoms with Crippen LogP contribution in [-0.4, -0.2) is 26.6 Å². The Hall–Kier alpha value is -1.68. The van der Waals surface area contributed by atoms with Crippen molar-refractivity contribution in [2.24, 2.45) is 0 Å². The van der Waals surface area contributed by atoms with Crippen molar-refractivity contribution in [3.05, 3.63) is 72.8 Å². The number of benzene rings is 2. The minimum Gasteiger partial charge on any atom is -0.407 e. The van der Waals surface area contributed by atoms with Crippen LogP contribution in [0, 0.1) is 0 Å². The van der Waals surface area contributed by atoms with Gasteiger partial charge in [-0.05, 0) is 27.4 Å². The lowest BCUT2D eigenvalue weighted by Crippen LogP contribution is -2.66. The Morgan fingerprint density at radius 1 is 0.958 bits per heavy atom. The Morgan fingerprint density at radius 3 is 1.79 bits per heavy atom. The molecule has 0 atom stereocenters. The molecule has 3 heteroatoms. The molecule has 0 saturated heterocycles. The summed E-state index contributed by atoms with van der Waals surface area (Å²) in [6, 6.07) is 21.2. The highest BCUT2D eigenvalue weighted by molar-refractivity contribution is 6.99. The molecule has 0 aromatic heterocycles. The highest BCUT2D eigenvalue weighted by Crippen LogP contribution is 2.36. The monoisotopic (exact) mass is 340 g/mol. The Bertz CT molecular complexity index is 605. The summed E-state index contributed by atoms with van der Waals surface area (Å²) in [7, 11) is -2.45. The molecular formula is C21H28O2Si. The van der Waals surface area contributed by atoms with Crippen LogP contribution in [0.4, 0.5) is 0 Å². The van der Waals surface area contributed by atoms with Gasteiger partial charge in [-0.3, -0.25) is 0 Å². The second-order valence-corrected chi connectivity index (χ2v) is 11.5. The summed E-state index contributed by atoms with van der Waals surface area (Å²) < 4.78 is 6.71. The van der Waals surface area contributed by atoms with Crippen LogP contribution in [0.3, 0.4) is 0 Å². The lowest BCUT2D eigenvalue weighted by Gasteiger charge is -2.43. The van der Waals surface area contributed by atoms with Crippen LogP contribution in [0.15, 0.2) is 72.8 Å². The minimum absolute atomic E-state index is 0.0176. The van der Waals surface area contributed by atoms with Gasteiger partial charge in [0, 0.05) is 6.61 Å². The minimum atomic E-state index is -2.45. The van der Waals surface area contributed by atoms with Gasteiger partial charge in [0.15, 0.2) is 0 Å². The lowest BCUT2D eigenvalue weighted by atomic mass is 10.2. The first-order chi connectivity index (χ1) is 11.4. The Morgan fingerprint density at radius 2 is 1.42 bits per heavy atom. The van der Waals surface area contributed by atoms with E-state index < -0.39 is 8.32 Å². The number of hydrogen-bond acceptors (Lipinski definition) is 2. The second kappa shape index (κ2) is 7.93. The van der Waals surface area contributed by atoms with Crippen molar-refractivity contribution in [1.29, 1.82) is 0 Å². The molecule has 2 aromatic carbocycles. The molecule has 2 aromatic rings. The van der Waals surface area contributed by atoms with E-state index in [1.807, 2.05) is 12.1 Å². The van der Waals surface area contributed by atoms with Crippen LogP contribution in [-0.2, 0) is 4.43 Å². The zero-order valence-electron chi connectivity index (χ0n) is 15.0. The van der Waals surface area contributed by atoms with Crippen molar-refractivity contribution in [2.45, 2.75) is 32.2 Å². The summed E-state index contributed by atoms with van der Waals surface area (Å²) in [5.41, 5.74) is 0.813. The van der Waals surface area contributed by atoms with E-state index in [9.17, 15) is 5.11 Å². The van der Waals surface area contributed by atoms with E-state index in [0.29, 0.717) is 13.0 Å². The SMILES string of the molecule is C=C(CO)CCO[Si](c1ccccc1)(c1ccccc1)C(C)(C)C. The summed E-state index contributed by atoms with van der Waals surface area (Å²) in [6.07, 6.45) is 0.682. The summed E-state index contributed by atoms with van der Waals surface area (Å²) in [6.45, 7) is 11.3. The molecule has 128 valence electrons. The average molecular weight is 341 g/mol. The van der Waals surface area contributed by atoms with Crippen LogP contribution in [0.1, 0.15) is 27.2 Å². The van der Waals surface area contributed by atoms with Crippen LogP contribution >= 0.6 is 0 Å². The number of aliphatic hydroxyl groups is 1. The fourth-order valence-corrected chi connectivity index (χ4v) is 7.75. The number of hydrogen-bond donors (Lipinski definition) is 1. The zero-order valence-corrected chi connectivity index (χ0v) is 16.0. The van der Waals surface area contributed by atoms with Crippen molar-refractivity contribution < 1.29 is 9.53 Å². The van der Waals surface area contributed by atoms with Gasteiger partial charge < -0.3 is 9.53 Å². The first-order valence-electron chi connectivity index (χ1n) is 8.44. The van der Waals surface area contributed by atoms with E-state index in [1.54, 1.807) is 0 Å². The van der Waals surface area contributed by atoms with Crippen molar-refractivity contribution >= 4 is 18.7 Å². The van der Waals surface area contributed by atoms with Crippen molar-refractivity contribution in [3.8, 4) is 0 Å². The van der Waals surface area contributed by atoms with Gasteiger partial charge in [0.25, 0.3) is 8.32 Å². The Balaban J connectivity index is 2.51. The maximum absolute atomic E-state index is 9.21. The molecule has 0 aliphatic heterocycles. The first-order valence-corrected chi connectivity index (χ1v) is 10.3. The molecule has 0 bridgehead atoms. The molecule has 0 amide bonds. The maximum Gasteiger partial charge on any atom is 0.261 e. The van der Waals surface area contributed by atoms with Gasteiger partial charge in [-0.2, -0.15) is 0 Å². The van der Waals surface area contributed by atoms with Gasteiger partial charge in [0.05, 0.1) is 6.61 Å². The molecule has 2 rings (SSSR count). The van der Waals surface area contributed by atoms with Crippen LogP contribution in [0.25, 0.3) is 0 Å². The van der Waals surface area contributed by atoms with E-state index >= 15 is 0 Å². The fourth-order valence-electron chi connectivity index (χ4n) is 3.19. The van der Waals surface area contributed by atoms with E-state index in [2.05, 4.69) is 75.9 Å². The summed E-state index contributed by atoms with van der Waals surface area (Å²) in [5.74, 6) is 0. The molecule has 2 nitrogen and oxygen atoms in total. The van der Waals surface area contributed by atoms with Crippen molar-refractivity contribution in [3.63, 3.8) is 0 Å². The van der Waals surface area contributed by atoms with Crippen LogP contribution in [0.2, 0.25) is 5.04 Å². The van der Waals surface area contributed by atoms with E-state index in [-0.39, 0.29) is 11.6 Å². The molecule has 0 spiro atoms. The molecular weight excluding hydrogens is 312 g/mol. The number of aliphatic hydroxyl groups excluding tert-OH is 1. The smallest absolute Gasteiger partial charge is 0.261 e.